The Hall–Kier alpha value is -1.07. The molecule has 2 atom stereocenters. The predicted octanol–water partition coefficient (Wildman–Crippen LogP) is 2.51. The number of carboxylic acid groups (broad SMARTS) is 1. The molecule has 5 heteroatoms. The zero-order valence-corrected chi connectivity index (χ0v) is 11.9. The van der Waals surface area contributed by atoms with Gasteiger partial charge in [0, 0.05) is 18.2 Å². The molecule has 0 radical (unpaired) electrons. The highest BCUT2D eigenvalue weighted by Crippen LogP contribution is 2.40. The summed E-state index contributed by atoms with van der Waals surface area (Å²) in [4.78, 5) is 11.0. The molecular formula is C13H16BrNO3. The fraction of sp³-hybridized carbons (Fsp3) is 0.462. The van der Waals surface area contributed by atoms with Gasteiger partial charge in [0.1, 0.15) is 5.75 Å². The third-order valence-electron chi connectivity index (χ3n) is 3.50. The van der Waals surface area contributed by atoms with Gasteiger partial charge in [0.05, 0.1) is 10.4 Å². The van der Waals surface area contributed by atoms with Gasteiger partial charge in [-0.1, -0.05) is 6.07 Å². The normalized spacial score (nSPS) is 23.3. The van der Waals surface area contributed by atoms with E-state index in [4.69, 9.17) is 5.11 Å². The van der Waals surface area contributed by atoms with Gasteiger partial charge in [0.25, 0.3) is 0 Å². The Morgan fingerprint density at radius 1 is 1.44 bits per heavy atom. The van der Waals surface area contributed by atoms with Gasteiger partial charge in [-0.05, 0) is 47.3 Å². The van der Waals surface area contributed by atoms with E-state index in [-0.39, 0.29) is 17.7 Å². The number of aryl methyl sites for hydroxylation is 2. The molecule has 4 nitrogen and oxygen atoms in total. The first-order valence-electron chi connectivity index (χ1n) is 5.86. The van der Waals surface area contributed by atoms with Crippen LogP contribution in [0.15, 0.2) is 10.5 Å². The minimum absolute atomic E-state index is 0.0944. The fourth-order valence-electron chi connectivity index (χ4n) is 2.54. The highest BCUT2D eigenvalue weighted by atomic mass is 79.9. The molecule has 1 aliphatic heterocycles. The van der Waals surface area contributed by atoms with Gasteiger partial charge in [-0.2, -0.15) is 0 Å². The number of hydrogen-bond acceptors (Lipinski definition) is 3. The molecule has 2 rings (SSSR count). The summed E-state index contributed by atoms with van der Waals surface area (Å²) in [6, 6.07) is 1.90. The summed E-state index contributed by atoms with van der Waals surface area (Å²) in [5.41, 5.74) is 2.76. The van der Waals surface area contributed by atoms with Crippen molar-refractivity contribution in [3.05, 3.63) is 27.2 Å². The Kier molecular flexibility index (Phi) is 3.64. The van der Waals surface area contributed by atoms with Crippen molar-refractivity contribution in [3.63, 3.8) is 0 Å². The number of aliphatic carboxylic acids is 1. The van der Waals surface area contributed by atoms with Gasteiger partial charge in [0.15, 0.2) is 0 Å². The maximum absolute atomic E-state index is 11.0. The van der Waals surface area contributed by atoms with E-state index in [2.05, 4.69) is 21.2 Å². The van der Waals surface area contributed by atoms with E-state index in [9.17, 15) is 9.90 Å². The molecule has 2 unspecified atom stereocenters. The fourth-order valence-corrected chi connectivity index (χ4v) is 2.87. The molecule has 98 valence electrons. The van der Waals surface area contributed by atoms with Gasteiger partial charge >= 0.3 is 5.97 Å². The van der Waals surface area contributed by atoms with Crippen LogP contribution in [0.4, 0.5) is 0 Å². The van der Waals surface area contributed by atoms with E-state index >= 15 is 0 Å². The number of carbonyl (C=O) groups is 1. The lowest BCUT2D eigenvalue weighted by Gasteiger charge is -2.18. The van der Waals surface area contributed by atoms with Crippen molar-refractivity contribution in [1.82, 2.24) is 5.32 Å². The maximum Gasteiger partial charge on any atom is 0.307 e. The molecule has 1 aromatic carbocycles. The molecule has 0 amide bonds. The third kappa shape index (κ3) is 2.24. The molecule has 1 fully saturated rings. The molecule has 0 aromatic heterocycles. The molecular weight excluding hydrogens is 298 g/mol. The van der Waals surface area contributed by atoms with Crippen molar-refractivity contribution in [2.75, 3.05) is 6.54 Å². The molecule has 0 aliphatic carbocycles. The van der Waals surface area contributed by atoms with Crippen LogP contribution in [0.5, 0.6) is 5.75 Å². The zero-order valence-electron chi connectivity index (χ0n) is 10.3. The summed E-state index contributed by atoms with van der Waals surface area (Å²) in [7, 11) is 0. The lowest BCUT2D eigenvalue weighted by molar-refractivity contribution is -0.141. The van der Waals surface area contributed by atoms with E-state index < -0.39 is 5.97 Å². The lowest BCUT2D eigenvalue weighted by Crippen LogP contribution is -2.17. The first-order chi connectivity index (χ1) is 8.41. The number of hydrogen-bond donors (Lipinski definition) is 3. The number of nitrogens with one attached hydrogen (secondary N) is 1. The molecule has 0 saturated carbocycles. The van der Waals surface area contributed by atoms with E-state index in [1.165, 1.54) is 0 Å². The second-order valence-electron chi connectivity index (χ2n) is 4.82. The second-order valence-corrected chi connectivity index (χ2v) is 5.61. The molecule has 18 heavy (non-hydrogen) atoms. The topological polar surface area (TPSA) is 69.6 Å². The molecule has 0 bridgehead atoms. The molecule has 1 saturated heterocycles. The number of halogens is 1. The van der Waals surface area contributed by atoms with Crippen LogP contribution in [-0.2, 0) is 4.79 Å². The summed E-state index contributed by atoms with van der Waals surface area (Å²) in [6.07, 6.45) is 0.513. The van der Waals surface area contributed by atoms with Crippen molar-refractivity contribution in [2.24, 2.45) is 5.92 Å². The van der Waals surface area contributed by atoms with Crippen molar-refractivity contribution < 1.29 is 15.0 Å². The predicted molar refractivity (Wildman–Crippen MR) is 71.8 cm³/mol. The first-order valence-corrected chi connectivity index (χ1v) is 6.65. The van der Waals surface area contributed by atoms with Gasteiger partial charge in [-0.25, -0.2) is 0 Å². The van der Waals surface area contributed by atoms with Crippen LogP contribution < -0.4 is 5.32 Å². The Bertz CT molecular complexity index is 501. The van der Waals surface area contributed by atoms with Crippen molar-refractivity contribution in [2.45, 2.75) is 26.3 Å². The average Bonchev–Trinajstić information content (AvgIpc) is 2.75. The third-order valence-corrected chi connectivity index (χ3v) is 4.50. The molecule has 1 aliphatic rings. The molecule has 1 heterocycles. The van der Waals surface area contributed by atoms with Crippen molar-refractivity contribution in [1.29, 1.82) is 0 Å². The average molecular weight is 314 g/mol. The SMILES string of the molecule is Cc1cc(C)c(C2CC(C(=O)O)CN2)c(O)c1Br. The molecule has 3 N–H and O–H groups in total. The van der Waals surface area contributed by atoms with Crippen molar-refractivity contribution >= 4 is 21.9 Å². The van der Waals surface area contributed by atoms with E-state index in [1.807, 2.05) is 19.9 Å². The Balaban J connectivity index is 2.36. The number of carboxylic acids is 1. The van der Waals surface area contributed by atoms with Gasteiger partial charge in [-0.3, -0.25) is 4.79 Å². The minimum Gasteiger partial charge on any atom is -0.506 e. The summed E-state index contributed by atoms with van der Waals surface area (Å²) >= 11 is 3.36. The first kappa shape index (κ1) is 13.4. The van der Waals surface area contributed by atoms with Crippen LogP contribution in [0.1, 0.15) is 29.2 Å². The molecule has 0 spiro atoms. The van der Waals surface area contributed by atoms with Crippen LogP contribution in [0.2, 0.25) is 0 Å². The van der Waals surface area contributed by atoms with E-state index in [0.29, 0.717) is 17.4 Å². The summed E-state index contributed by atoms with van der Waals surface area (Å²) in [6.45, 7) is 4.30. The number of aromatic hydroxyl groups is 1. The number of phenols is 1. The summed E-state index contributed by atoms with van der Waals surface area (Å²) in [5, 5.41) is 22.4. The van der Waals surface area contributed by atoms with E-state index in [0.717, 1.165) is 16.7 Å². The zero-order chi connectivity index (χ0) is 13.4. The number of phenolic OH excluding ortho intramolecular Hbond substituents is 1. The summed E-state index contributed by atoms with van der Waals surface area (Å²) in [5.74, 6) is -0.946. The van der Waals surface area contributed by atoms with Gasteiger partial charge < -0.3 is 15.5 Å². The highest BCUT2D eigenvalue weighted by Gasteiger charge is 2.32. The minimum atomic E-state index is -0.784. The largest absolute Gasteiger partial charge is 0.506 e. The van der Waals surface area contributed by atoms with Gasteiger partial charge in [0.2, 0.25) is 0 Å². The van der Waals surface area contributed by atoms with Crippen LogP contribution in [0, 0.1) is 19.8 Å². The quantitative estimate of drug-likeness (QED) is 0.784. The summed E-state index contributed by atoms with van der Waals surface area (Å²) < 4.78 is 0.684. The Labute approximate surface area is 114 Å². The van der Waals surface area contributed by atoms with Gasteiger partial charge in [-0.15, -0.1) is 0 Å². The second kappa shape index (κ2) is 4.90. The smallest absolute Gasteiger partial charge is 0.307 e. The monoisotopic (exact) mass is 313 g/mol. The van der Waals surface area contributed by atoms with Crippen molar-refractivity contribution in [3.8, 4) is 5.75 Å². The maximum atomic E-state index is 11.0. The number of rotatable bonds is 2. The van der Waals surface area contributed by atoms with Crippen LogP contribution in [0.25, 0.3) is 0 Å². The standard InChI is InChI=1S/C13H16BrNO3/c1-6-3-7(2)11(14)12(16)10(6)9-4-8(5-15-9)13(17)18/h3,8-9,15-16H,4-5H2,1-2H3,(H,17,18). The highest BCUT2D eigenvalue weighted by molar-refractivity contribution is 9.10. The van der Waals surface area contributed by atoms with Crippen LogP contribution in [0.3, 0.4) is 0 Å². The lowest BCUT2D eigenvalue weighted by atomic mass is 9.94. The molecule has 1 aromatic rings. The number of benzene rings is 1. The Morgan fingerprint density at radius 2 is 2.11 bits per heavy atom. The van der Waals surface area contributed by atoms with E-state index in [1.54, 1.807) is 0 Å². The van der Waals surface area contributed by atoms with Crippen LogP contribution >= 0.6 is 15.9 Å². The Morgan fingerprint density at radius 3 is 2.67 bits per heavy atom. The van der Waals surface area contributed by atoms with Crippen LogP contribution in [-0.4, -0.2) is 22.7 Å².